The second-order valence-electron chi connectivity index (χ2n) is 10.9. The molecule has 3 aromatic carbocycles. The molecule has 10 heteroatoms. The molecule has 3 aromatic rings. The third kappa shape index (κ3) is 8.95. The number of methoxy groups -OCH3 is 1. The van der Waals surface area contributed by atoms with Crippen molar-refractivity contribution in [2.75, 3.05) is 26.9 Å². The van der Waals surface area contributed by atoms with Gasteiger partial charge in [0.2, 0.25) is 5.91 Å². The Morgan fingerprint density at radius 1 is 0.978 bits per heavy atom. The van der Waals surface area contributed by atoms with Gasteiger partial charge in [-0.2, -0.15) is 0 Å². The van der Waals surface area contributed by atoms with Crippen LogP contribution < -0.4 is 26.5 Å². The molecule has 0 aromatic heterocycles. The molecule has 0 spiro atoms. The van der Waals surface area contributed by atoms with Gasteiger partial charge in [-0.05, 0) is 52.8 Å². The molecule has 0 fully saturated rings. The lowest BCUT2D eigenvalue weighted by atomic mass is 9.96. The fraction of sp³-hybridized carbons (Fsp3) is 0.314. The predicted octanol–water partition coefficient (Wildman–Crippen LogP) is 1.95. The maximum atomic E-state index is 13.6. The van der Waals surface area contributed by atoms with Gasteiger partial charge in [0.05, 0.1) is 20.1 Å². The SMILES string of the molecule is C=CCOc1ccc(C[C@H](NC(=O)[C@@H](CCC[NH+]=C(N)N)CC(=O)OCC2c3ccccc3-c3ccccc32)C(=O)OC)cc1. The van der Waals surface area contributed by atoms with Crippen LogP contribution in [-0.4, -0.2) is 56.7 Å². The van der Waals surface area contributed by atoms with E-state index in [9.17, 15) is 14.4 Å². The molecule has 2 atom stereocenters. The first-order chi connectivity index (χ1) is 21.8. The van der Waals surface area contributed by atoms with E-state index in [-0.39, 0.29) is 31.3 Å². The summed E-state index contributed by atoms with van der Waals surface area (Å²) in [5, 5.41) is 2.80. The number of hydrogen-bond acceptors (Lipinski definition) is 6. The molecule has 0 aliphatic heterocycles. The maximum Gasteiger partial charge on any atom is 0.338 e. The number of carbonyl (C=O) groups excluding carboxylic acids is 3. The molecule has 0 radical (unpaired) electrons. The minimum Gasteiger partial charge on any atom is -0.490 e. The summed E-state index contributed by atoms with van der Waals surface area (Å²) in [5.41, 5.74) is 16.3. The molecule has 1 aliphatic carbocycles. The number of guanidine groups is 1. The molecule has 6 N–H and O–H groups in total. The van der Waals surface area contributed by atoms with Crippen LogP contribution in [-0.2, 0) is 30.3 Å². The van der Waals surface area contributed by atoms with Crippen molar-refractivity contribution in [3.8, 4) is 16.9 Å². The Bertz CT molecular complexity index is 1470. The Labute approximate surface area is 263 Å². The minimum absolute atomic E-state index is 0.0687. The lowest BCUT2D eigenvalue weighted by Crippen LogP contribution is -2.78. The van der Waals surface area contributed by atoms with Gasteiger partial charge in [0, 0.05) is 18.3 Å². The first kappa shape index (κ1) is 32.8. The molecule has 1 aliphatic rings. The topological polar surface area (TPSA) is 157 Å². The van der Waals surface area contributed by atoms with Gasteiger partial charge in [-0.3, -0.25) is 26.0 Å². The van der Waals surface area contributed by atoms with E-state index >= 15 is 0 Å². The van der Waals surface area contributed by atoms with Crippen molar-refractivity contribution >= 4 is 23.8 Å². The van der Waals surface area contributed by atoms with E-state index in [2.05, 4.69) is 29.0 Å². The summed E-state index contributed by atoms with van der Waals surface area (Å²) in [7, 11) is 1.27. The van der Waals surface area contributed by atoms with E-state index < -0.39 is 29.8 Å². The quantitative estimate of drug-likeness (QED) is 0.0628. The average molecular weight is 614 g/mol. The molecule has 0 saturated heterocycles. The van der Waals surface area contributed by atoms with Gasteiger partial charge < -0.3 is 19.5 Å². The van der Waals surface area contributed by atoms with Crippen LogP contribution in [0.25, 0.3) is 11.1 Å². The van der Waals surface area contributed by atoms with Gasteiger partial charge in [0.15, 0.2) is 0 Å². The molecular weight excluding hydrogens is 572 g/mol. The number of hydrogen-bond donors (Lipinski definition) is 4. The van der Waals surface area contributed by atoms with Crippen LogP contribution in [0.1, 0.15) is 41.9 Å². The summed E-state index contributed by atoms with van der Waals surface area (Å²) in [6.45, 7) is 4.57. The number of esters is 2. The highest BCUT2D eigenvalue weighted by atomic mass is 16.5. The Morgan fingerprint density at radius 3 is 2.22 bits per heavy atom. The van der Waals surface area contributed by atoms with Crippen molar-refractivity contribution in [3.63, 3.8) is 0 Å². The van der Waals surface area contributed by atoms with Crippen molar-refractivity contribution < 1.29 is 33.6 Å². The molecule has 0 bridgehead atoms. The number of rotatable bonds is 16. The summed E-state index contributed by atoms with van der Waals surface area (Å²) in [6, 6.07) is 22.4. The molecule has 0 heterocycles. The van der Waals surface area contributed by atoms with Crippen LogP contribution in [0.3, 0.4) is 0 Å². The number of benzene rings is 3. The van der Waals surface area contributed by atoms with Crippen molar-refractivity contribution in [1.82, 2.24) is 5.32 Å². The predicted molar refractivity (Wildman–Crippen MR) is 171 cm³/mol. The van der Waals surface area contributed by atoms with Gasteiger partial charge in [0.25, 0.3) is 0 Å². The highest BCUT2D eigenvalue weighted by Gasteiger charge is 2.31. The lowest BCUT2D eigenvalue weighted by Gasteiger charge is -2.21. The number of nitrogens with two attached hydrogens (primary N) is 2. The number of carbonyl (C=O) groups is 3. The van der Waals surface area contributed by atoms with Crippen LogP contribution in [0.15, 0.2) is 85.5 Å². The summed E-state index contributed by atoms with van der Waals surface area (Å²) in [6.07, 6.45) is 2.52. The molecule has 4 rings (SSSR count). The second-order valence-corrected chi connectivity index (χ2v) is 10.9. The Morgan fingerprint density at radius 2 is 1.62 bits per heavy atom. The summed E-state index contributed by atoms with van der Waals surface area (Å²) in [4.78, 5) is 42.3. The molecule has 10 nitrogen and oxygen atoms in total. The number of ether oxygens (including phenoxy) is 3. The normalized spacial score (nSPS) is 13.0. The van der Waals surface area contributed by atoms with E-state index in [1.165, 1.54) is 7.11 Å². The fourth-order valence-electron chi connectivity index (χ4n) is 5.52. The smallest absolute Gasteiger partial charge is 0.338 e. The van der Waals surface area contributed by atoms with Gasteiger partial charge in [-0.1, -0.05) is 73.3 Å². The van der Waals surface area contributed by atoms with Crippen LogP contribution in [0, 0.1) is 5.92 Å². The van der Waals surface area contributed by atoms with Gasteiger partial charge in [-0.15, -0.1) is 0 Å². The van der Waals surface area contributed by atoms with Crippen LogP contribution >= 0.6 is 0 Å². The Kier molecular flexibility index (Phi) is 11.7. The van der Waals surface area contributed by atoms with Crippen LogP contribution in [0.4, 0.5) is 0 Å². The average Bonchev–Trinajstić information content (AvgIpc) is 3.37. The second kappa shape index (κ2) is 16.1. The van der Waals surface area contributed by atoms with Gasteiger partial charge in [0.1, 0.15) is 25.0 Å². The third-order valence-corrected chi connectivity index (χ3v) is 7.75. The van der Waals surface area contributed by atoms with Crippen molar-refractivity contribution in [2.24, 2.45) is 17.4 Å². The summed E-state index contributed by atoms with van der Waals surface area (Å²) < 4.78 is 16.3. The Balaban J connectivity index is 1.43. The van der Waals surface area contributed by atoms with E-state index in [0.29, 0.717) is 31.7 Å². The number of amides is 1. The zero-order valence-electron chi connectivity index (χ0n) is 25.5. The lowest BCUT2D eigenvalue weighted by molar-refractivity contribution is -0.459. The number of fused-ring (bicyclic) bond motifs is 3. The molecule has 1 amide bonds. The highest BCUT2D eigenvalue weighted by Crippen LogP contribution is 2.44. The number of nitrogens with one attached hydrogen (secondary N) is 2. The standard InChI is InChI=1S/C35H40N4O6/c1-3-19-44-25-16-14-23(15-17-25)20-31(34(42)43-2)39-33(41)24(9-8-18-38-35(36)37)21-32(40)45-22-30-28-12-6-4-10-26(28)27-11-5-7-13-29(27)30/h3-7,10-17,24,30-31H,1,8-9,18-22H2,2H3,(H,39,41)(H4,36,37,38)/p+1/t24-,31-/m0/s1. The Hall–Kier alpha value is -5.12. The van der Waals surface area contributed by atoms with Crippen molar-refractivity contribution in [2.45, 2.75) is 37.6 Å². The zero-order valence-corrected chi connectivity index (χ0v) is 25.5. The molecular formula is C35H41N4O6+. The molecule has 236 valence electrons. The van der Waals surface area contributed by atoms with Crippen molar-refractivity contribution in [1.29, 1.82) is 0 Å². The first-order valence-corrected chi connectivity index (χ1v) is 15.0. The maximum absolute atomic E-state index is 13.6. The largest absolute Gasteiger partial charge is 0.490 e. The van der Waals surface area contributed by atoms with E-state index in [1.807, 2.05) is 48.5 Å². The first-order valence-electron chi connectivity index (χ1n) is 15.0. The minimum atomic E-state index is -0.960. The van der Waals surface area contributed by atoms with Crippen LogP contribution in [0.2, 0.25) is 0 Å². The van der Waals surface area contributed by atoms with Gasteiger partial charge in [-0.25, -0.2) is 4.79 Å². The molecule has 0 saturated carbocycles. The van der Waals surface area contributed by atoms with E-state index in [4.69, 9.17) is 25.7 Å². The van der Waals surface area contributed by atoms with Crippen molar-refractivity contribution in [3.05, 3.63) is 102 Å². The highest BCUT2D eigenvalue weighted by molar-refractivity contribution is 5.88. The third-order valence-electron chi connectivity index (χ3n) is 7.75. The van der Waals surface area contributed by atoms with E-state index in [1.54, 1.807) is 18.2 Å². The molecule has 45 heavy (non-hydrogen) atoms. The fourth-order valence-corrected chi connectivity index (χ4v) is 5.52. The van der Waals surface area contributed by atoms with E-state index in [0.717, 1.165) is 27.8 Å². The monoisotopic (exact) mass is 613 g/mol. The van der Waals surface area contributed by atoms with Crippen LogP contribution in [0.5, 0.6) is 5.75 Å². The summed E-state index contributed by atoms with van der Waals surface area (Å²) >= 11 is 0. The van der Waals surface area contributed by atoms with Gasteiger partial charge >= 0.3 is 17.9 Å². The molecule has 0 unspecified atom stereocenters. The summed E-state index contributed by atoms with van der Waals surface area (Å²) in [5.74, 6) is -1.68. The zero-order chi connectivity index (χ0) is 32.2.